The number of nitrogens with zero attached hydrogens (tertiary/aromatic N) is 3. The van der Waals surface area contributed by atoms with Crippen LogP contribution in [-0.4, -0.2) is 34.2 Å². The number of ether oxygens (including phenoxy) is 1. The van der Waals surface area contributed by atoms with E-state index >= 15 is 0 Å². The summed E-state index contributed by atoms with van der Waals surface area (Å²) >= 11 is 0. The number of carbonyl (C=O) groups is 1. The molecule has 0 radical (unpaired) electrons. The highest BCUT2D eigenvalue weighted by Crippen LogP contribution is 2.35. The normalized spacial score (nSPS) is 16.2. The molecule has 2 aromatic carbocycles. The largest absolute Gasteiger partial charge is 0.497 e. The third kappa shape index (κ3) is 3.20. The average molecular weight is 347 g/mol. The molecule has 0 N–H and O–H groups in total. The van der Waals surface area contributed by atoms with Gasteiger partial charge in [-0.1, -0.05) is 42.5 Å². The van der Waals surface area contributed by atoms with Crippen molar-refractivity contribution in [2.75, 3.05) is 13.7 Å². The van der Waals surface area contributed by atoms with Crippen molar-refractivity contribution in [3.63, 3.8) is 0 Å². The summed E-state index contributed by atoms with van der Waals surface area (Å²) in [6.07, 6.45) is 4.46. The molecule has 4 rings (SSSR count). The number of aromatic nitrogens is 2. The summed E-state index contributed by atoms with van der Waals surface area (Å²) < 4.78 is 7.11. The number of likely N-dealkylation sites (tertiary alicyclic amines) is 1. The Bertz CT molecular complexity index is 904. The second-order valence-corrected chi connectivity index (χ2v) is 6.49. The number of rotatable bonds is 5. The number of amides is 1. The van der Waals surface area contributed by atoms with E-state index in [-0.39, 0.29) is 11.9 Å². The van der Waals surface area contributed by atoms with E-state index in [0.29, 0.717) is 12.1 Å². The molecule has 5 nitrogen and oxygen atoms in total. The lowest BCUT2D eigenvalue weighted by Crippen LogP contribution is -2.45. The zero-order valence-electron chi connectivity index (χ0n) is 14.7. The van der Waals surface area contributed by atoms with Gasteiger partial charge in [0.2, 0.25) is 0 Å². The van der Waals surface area contributed by atoms with Gasteiger partial charge in [0.25, 0.3) is 5.91 Å². The molecule has 1 aromatic heterocycles. The Hall–Kier alpha value is -3.08. The summed E-state index contributed by atoms with van der Waals surface area (Å²) in [7, 11) is 1.66. The number of benzene rings is 2. The summed E-state index contributed by atoms with van der Waals surface area (Å²) in [5.41, 5.74) is 2.90. The van der Waals surface area contributed by atoms with Gasteiger partial charge < -0.3 is 9.64 Å². The molecule has 26 heavy (non-hydrogen) atoms. The van der Waals surface area contributed by atoms with Crippen LogP contribution in [0.25, 0.3) is 0 Å². The summed E-state index contributed by atoms with van der Waals surface area (Å²) in [5.74, 6) is 0.848. The predicted octanol–water partition coefficient (Wildman–Crippen LogP) is 3.53. The maximum Gasteiger partial charge on any atom is 0.257 e. The molecular formula is C21H21N3O2. The highest BCUT2D eigenvalue weighted by molar-refractivity contribution is 5.94. The third-order valence-corrected chi connectivity index (χ3v) is 4.83. The van der Waals surface area contributed by atoms with Crippen molar-refractivity contribution in [2.24, 2.45) is 0 Å². The fourth-order valence-corrected chi connectivity index (χ4v) is 3.32. The minimum absolute atomic E-state index is 0.0309. The first-order valence-electron chi connectivity index (χ1n) is 8.76. The molecule has 0 bridgehead atoms. The highest BCUT2D eigenvalue weighted by atomic mass is 16.5. The van der Waals surface area contributed by atoms with Crippen molar-refractivity contribution in [1.82, 2.24) is 14.7 Å². The molecular weight excluding hydrogens is 326 g/mol. The Kier molecular flexibility index (Phi) is 4.44. The Balaban J connectivity index is 1.47. The van der Waals surface area contributed by atoms with Gasteiger partial charge in [-0.2, -0.15) is 5.10 Å². The van der Waals surface area contributed by atoms with E-state index in [1.807, 2.05) is 58.2 Å². The van der Waals surface area contributed by atoms with E-state index in [1.165, 1.54) is 0 Å². The van der Waals surface area contributed by atoms with Crippen LogP contribution in [0.4, 0.5) is 0 Å². The lowest BCUT2D eigenvalue weighted by atomic mass is 9.94. The molecule has 1 aliphatic rings. The van der Waals surface area contributed by atoms with Crippen LogP contribution >= 0.6 is 0 Å². The second kappa shape index (κ2) is 7.04. The van der Waals surface area contributed by atoms with Gasteiger partial charge in [-0.25, -0.2) is 0 Å². The molecule has 2 heterocycles. The van der Waals surface area contributed by atoms with Gasteiger partial charge in [-0.05, 0) is 29.7 Å². The van der Waals surface area contributed by atoms with Gasteiger partial charge in [0.05, 0.1) is 31.5 Å². The van der Waals surface area contributed by atoms with E-state index in [4.69, 9.17) is 4.74 Å². The second-order valence-electron chi connectivity index (χ2n) is 6.49. The molecule has 5 heteroatoms. The van der Waals surface area contributed by atoms with Crippen LogP contribution in [0.1, 0.15) is 33.9 Å². The lowest BCUT2D eigenvalue weighted by molar-refractivity contribution is 0.0460. The molecule has 0 aliphatic carbocycles. The summed E-state index contributed by atoms with van der Waals surface area (Å²) in [6.45, 7) is 1.43. The number of methoxy groups -OCH3 is 1. The third-order valence-electron chi connectivity index (χ3n) is 4.83. The van der Waals surface area contributed by atoms with Crippen molar-refractivity contribution in [1.29, 1.82) is 0 Å². The van der Waals surface area contributed by atoms with Gasteiger partial charge >= 0.3 is 0 Å². The molecule has 1 fully saturated rings. The maximum absolute atomic E-state index is 12.9. The van der Waals surface area contributed by atoms with Gasteiger partial charge in [0.1, 0.15) is 5.75 Å². The van der Waals surface area contributed by atoms with Crippen molar-refractivity contribution in [3.8, 4) is 5.75 Å². The van der Waals surface area contributed by atoms with E-state index < -0.39 is 0 Å². The van der Waals surface area contributed by atoms with Crippen LogP contribution in [0, 0.1) is 0 Å². The van der Waals surface area contributed by atoms with Crippen LogP contribution in [-0.2, 0) is 6.54 Å². The maximum atomic E-state index is 12.9. The monoisotopic (exact) mass is 347 g/mol. The number of carbonyl (C=O) groups excluding carboxylic acids is 1. The SMILES string of the molecule is COc1cccc([C@@H]2CCN2C(=O)c2cnn(Cc3ccccc3)c2)c1. The first-order chi connectivity index (χ1) is 12.7. The topological polar surface area (TPSA) is 47.4 Å². The van der Waals surface area contributed by atoms with E-state index in [9.17, 15) is 4.79 Å². The highest BCUT2D eigenvalue weighted by Gasteiger charge is 2.34. The first-order valence-corrected chi connectivity index (χ1v) is 8.76. The zero-order valence-corrected chi connectivity index (χ0v) is 14.7. The van der Waals surface area contributed by atoms with Crippen LogP contribution in [0.3, 0.4) is 0 Å². The van der Waals surface area contributed by atoms with Crippen molar-refractivity contribution in [2.45, 2.75) is 19.0 Å². The van der Waals surface area contributed by atoms with Gasteiger partial charge in [-0.3, -0.25) is 9.48 Å². The molecule has 132 valence electrons. The van der Waals surface area contributed by atoms with E-state index in [1.54, 1.807) is 13.3 Å². The summed E-state index contributed by atoms with van der Waals surface area (Å²) in [5, 5.41) is 4.35. The first kappa shape index (κ1) is 16.4. The Morgan fingerprint density at radius 1 is 1.19 bits per heavy atom. The number of hydrogen-bond acceptors (Lipinski definition) is 3. The van der Waals surface area contributed by atoms with E-state index in [0.717, 1.165) is 29.8 Å². The summed E-state index contributed by atoms with van der Waals surface area (Å²) in [4.78, 5) is 14.8. The zero-order chi connectivity index (χ0) is 17.9. The van der Waals surface area contributed by atoms with Crippen LogP contribution in [0.5, 0.6) is 5.75 Å². The molecule has 0 unspecified atom stereocenters. The minimum atomic E-state index is 0.0309. The van der Waals surface area contributed by atoms with E-state index in [2.05, 4.69) is 17.2 Å². The standard InChI is InChI=1S/C21H21N3O2/c1-26-19-9-5-8-17(12-19)20-10-11-24(20)21(25)18-13-22-23(15-18)14-16-6-3-2-4-7-16/h2-9,12-13,15,20H,10-11,14H2,1H3/t20-/m0/s1. The molecule has 1 saturated heterocycles. The molecule has 1 atom stereocenters. The molecule has 1 amide bonds. The molecule has 0 spiro atoms. The lowest BCUT2D eigenvalue weighted by Gasteiger charge is -2.41. The Labute approximate surface area is 152 Å². The Morgan fingerprint density at radius 3 is 2.77 bits per heavy atom. The van der Waals surface area contributed by atoms with Crippen LogP contribution in [0.15, 0.2) is 67.0 Å². The predicted molar refractivity (Wildman–Crippen MR) is 99.2 cm³/mol. The fraction of sp³-hybridized carbons (Fsp3) is 0.238. The van der Waals surface area contributed by atoms with Crippen molar-refractivity contribution >= 4 is 5.91 Å². The molecule has 3 aromatic rings. The quantitative estimate of drug-likeness (QED) is 0.709. The summed E-state index contributed by atoms with van der Waals surface area (Å²) in [6, 6.07) is 18.1. The minimum Gasteiger partial charge on any atom is -0.497 e. The number of hydrogen-bond donors (Lipinski definition) is 0. The molecule has 0 saturated carbocycles. The van der Waals surface area contributed by atoms with Crippen LogP contribution < -0.4 is 4.74 Å². The smallest absolute Gasteiger partial charge is 0.257 e. The van der Waals surface area contributed by atoms with Crippen molar-refractivity contribution in [3.05, 3.63) is 83.7 Å². The van der Waals surface area contributed by atoms with Gasteiger partial charge in [0.15, 0.2) is 0 Å². The molecule has 1 aliphatic heterocycles. The van der Waals surface area contributed by atoms with Gasteiger partial charge in [0, 0.05) is 12.7 Å². The average Bonchev–Trinajstić information content (AvgIpc) is 3.10. The van der Waals surface area contributed by atoms with Crippen molar-refractivity contribution < 1.29 is 9.53 Å². The van der Waals surface area contributed by atoms with Crippen LogP contribution in [0.2, 0.25) is 0 Å². The Morgan fingerprint density at radius 2 is 2.04 bits per heavy atom. The van der Waals surface area contributed by atoms with Gasteiger partial charge in [-0.15, -0.1) is 0 Å². The fourth-order valence-electron chi connectivity index (χ4n) is 3.32.